The third kappa shape index (κ3) is 7.12. The highest BCUT2D eigenvalue weighted by Gasteiger charge is 2.25. The van der Waals surface area contributed by atoms with Gasteiger partial charge in [-0.3, -0.25) is 0 Å². The van der Waals surface area contributed by atoms with Crippen molar-refractivity contribution in [2.24, 2.45) is 0 Å². The molecule has 0 aliphatic heterocycles. The Balaban J connectivity index is 1.31. The summed E-state index contributed by atoms with van der Waals surface area (Å²) in [6.07, 6.45) is 0. The lowest BCUT2D eigenvalue weighted by molar-refractivity contribution is 1.25. The average Bonchev–Trinajstić information content (AvgIpc) is 3.29. The first-order valence-corrected chi connectivity index (χ1v) is 19.1. The van der Waals surface area contributed by atoms with Gasteiger partial charge >= 0.3 is 0 Å². The second kappa shape index (κ2) is 15.9. The highest BCUT2D eigenvalue weighted by atomic mass is 15.2. The molecule has 0 amide bonds. The molecule has 56 heavy (non-hydrogen) atoms. The van der Waals surface area contributed by atoms with Gasteiger partial charge in [-0.25, -0.2) is 0 Å². The minimum absolute atomic E-state index is 1.07. The fourth-order valence-corrected chi connectivity index (χ4v) is 7.52. The molecule has 2 nitrogen and oxygen atoms in total. The van der Waals surface area contributed by atoms with Gasteiger partial charge in [-0.05, 0) is 94.0 Å². The van der Waals surface area contributed by atoms with Gasteiger partial charge in [-0.2, -0.15) is 0 Å². The molecular formula is C54H40N2. The summed E-state index contributed by atoms with van der Waals surface area (Å²) in [5, 5.41) is 0. The molecule has 0 saturated heterocycles. The van der Waals surface area contributed by atoms with E-state index in [-0.39, 0.29) is 0 Å². The van der Waals surface area contributed by atoms with Crippen LogP contribution in [0.5, 0.6) is 0 Å². The van der Waals surface area contributed by atoms with Crippen LogP contribution in [-0.4, -0.2) is 0 Å². The molecule has 0 heterocycles. The van der Waals surface area contributed by atoms with Crippen molar-refractivity contribution in [2.45, 2.75) is 0 Å². The molecule has 9 aromatic rings. The van der Waals surface area contributed by atoms with Crippen LogP contribution < -0.4 is 9.80 Å². The summed E-state index contributed by atoms with van der Waals surface area (Å²) in [6.45, 7) is 0. The van der Waals surface area contributed by atoms with Crippen molar-refractivity contribution >= 4 is 34.1 Å². The summed E-state index contributed by atoms with van der Waals surface area (Å²) < 4.78 is 0. The molecule has 0 bridgehead atoms. The second-order valence-electron chi connectivity index (χ2n) is 13.8. The fraction of sp³-hybridized carbons (Fsp3) is 0. The van der Waals surface area contributed by atoms with E-state index in [1.165, 1.54) is 22.3 Å². The van der Waals surface area contributed by atoms with E-state index < -0.39 is 0 Å². The summed E-state index contributed by atoms with van der Waals surface area (Å²) in [5.41, 5.74) is 15.8. The van der Waals surface area contributed by atoms with Gasteiger partial charge in [-0.15, -0.1) is 0 Å². The number of para-hydroxylation sites is 2. The Labute approximate surface area is 329 Å². The maximum absolute atomic E-state index is 2.40. The zero-order valence-electron chi connectivity index (χ0n) is 31.0. The van der Waals surface area contributed by atoms with Crippen LogP contribution in [0.15, 0.2) is 243 Å². The molecule has 0 fully saturated rings. The van der Waals surface area contributed by atoms with Crippen molar-refractivity contribution < 1.29 is 0 Å². The maximum atomic E-state index is 2.40. The summed E-state index contributed by atoms with van der Waals surface area (Å²) in [7, 11) is 0. The Bertz CT molecular complexity index is 2440. The molecule has 9 aromatic carbocycles. The van der Waals surface area contributed by atoms with Crippen molar-refractivity contribution in [2.75, 3.05) is 9.80 Å². The van der Waals surface area contributed by atoms with Gasteiger partial charge in [0.1, 0.15) is 0 Å². The molecule has 0 unspecified atom stereocenters. The number of hydrogen-bond acceptors (Lipinski definition) is 2. The van der Waals surface area contributed by atoms with E-state index in [4.69, 9.17) is 0 Å². The highest BCUT2D eigenvalue weighted by Crippen LogP contribution is 2.49. The number of anilines is 6. The predicted molar refractivity (Wildman–Crippen MR) is 238 cm³/mol. The molecule has 9 rings (SSSR count). The van der Waals surface area contributed by atoms with Crippen LogP contribution in [0.1, 0.15) is 0 Å². The Hall–Kier alpha value is -7.42. The van der Waals surface area contributed by atoms with E-state index in [0.29, 0.717) is 0 Å². The minimum Gasteiger partial charge on any atom is -0.310 e. The summed E-state index contributed by atoms with van der Waals surface area (Å²) in [6, 6.07) is 86.8. The van der Waals surface area contributed by atoms with Crippen molar-refractivity contribution in [3.8, 4) is 44.5 Å². The van der Waals surface area contributed by atoms with Crippen LogP contribution in [0, 0.1) is 0 Å². The Kier molecular flexibility index (Phi) is 9.75. The topological polar surface area (TPSA) is 6.48 Å². The molecule has 0 N–H and O–H groups in total. The number of hydrogen-bond donors (Lipinski definition) is 0. The van der Waals surface area contributed by atoms with Gasteiger partial charge in [0.05, 0.1) is 11.4 Å². The van der Waals surface area contributed by atoms with Crippen molar-refractivity contribution in [1.82, 2.24) is 0 Å². The highest BCUT2D eigenvalue weighted by molar-refractivity contribution is 5.98. The van der Waals surface area contributed by atoms with Crippen LogP contribution in [0.2, 0.25) is 0 Å². The molecule has 0 radical (unpaired) electrons. The third-order valence-corrected chi connectivity index (χ3v) is 10.3. The van der Waals surface area contributed by atoms with Crippen molar-refractivity contribution in [3.05, 3.63) is 243 Å². The second-order valence-corrected chi connectivity index (χ2v) is 13.8. The van der Waals surface area contributed by atoms with Crippen LogP contribution in [0.25, 0.3) is 44.5 Å². The first-order chi connectivity index (χ1) is 27.8. The normalized spacial score (nSPS) is 10.9. The average molecular weight is 717 g/mol. The molecule has 0 aromatic heterocycles. The maximum Gasteiger partial charge on any atom is 0.0561 e. The van der Waals surface area contributed by atoms with Crippen LogP contribution >= 0.6 is 0 Å². The lowest BCUT2D eigenvalue weighted by atomic mass is 9.93. The van der Waals surface area contributed by atoms with Crippen molar-refractivity contribution in [1.29, 1.82) is 0 Å². The third-order valence-electron chi connectivity index (χ3n) is 10.3. The van der Waals surface area contributed by atoms with Gasteiger partial charge in [0.2, 0.25) is 0 Å². The van der Waals surface area contributed by atoms with Gasteiger partial charge in [0, 0.05) is 33.9 Å². The van der Waals surface area contributed by atoms with Gasteiger partial charge < -0.3 is 9.80 Å². The SMILES string of the molecule is c1ccc(-c2ccc(N(c3ccccc3)c3cc(N(c4ccccc4)c4ccc(-c5ccccc5)cc4)c(-c4ccccc4)cc3-c3ccccc3)cc2)cc1. The summed E-state index contributed by atoms with van der Waals surface area (Å²) in [4.78, 5) is 4.80. The van der Waals surface area contributed by atoms with E-state index in [1.807, 2.05) is 0 Å². The Morgan fingerprint density at radius 1 is 0.196 bits per heavy atom. The Morgan fingerprint density at radius 3 is 0.768 bits per heavy atom. The molecule has 0 saturated carbocycles. The largest absolute Gasteiger partial charge is 0.310 e. The molecule has 0 spiro atoms. The lowest BCUT2D eigenvalue weighted by Crippen LogP contribution is -2.15. The first-order valence-electron chi connectivity index (χ1n) is 19.1. The van der Waals surface area contributed by atoms with Gasteiger partial charge in [0.15, 0.2) is 0 Å². The van der Waals surface area contributed by atoms with E-state index in [9.17, 15) is 0 Å². The number of benzene rings is 9. The Morgan fingerprint density at radius 2 is 0.446 bits per heavy atom. The molecule has 2 heteroatoms. The number of rotatable bonds is 10. The molecule has 0 aliphatic rings. The fourth-order valence-electron chi connectivity index (χ4n) is 7.52. The van der Waals surface area contributed by atoms with Crippen LogP contribution in [-0.2, 0) is 0 Å². The van der Waals surface area contributed by atoms with E-state index in [2.05, 4.69) is 252 Å². The molecular weight excluding hydrogens is 677 g/mol. The molecule has 0 aliphatic carbocycles. The van der Waals surface area contributed by atoms with Gasteiger partial charge in [0.25, 0.3) is 0 Å². The zero-order chi connectivity index (χ0) is 37.5. The first kappa shape index (κ1) is 34.4. The molecule has 266 valence electrons. The smallest absolute Gasteiger partial charge is 0.0561 e. The summed E-state index contributed by atoms with van der Waals surface area (Å²) >= 11 is 0. The number of nitrogens with zero attached hydrogens (tertiary/aromatic N) is 2. The standard InChI is InChI=1S/C54H40N2/c1-7-19-41(20-8-1)43-31-35-49(36-32-43)55(47-27-15-5-16-28-47)53-40-54(52(46-25-13-4-14-26-46)39-51(53)45-23-11-3-12-24-45)56(48-29-17-6-18-30-48)50-37-33-44(34-38-50)42-21-9-2-10-22-42/h1-40H. The van der Waals surface area contributed by atoms with Gasteiger partial charge in [-0.1, -0.05) is 182 Å². The van der Waals surface area contributed by atoms with Crippen LogP contribution in [0.4, 0.5) is 34.1 Å². The van der Waals surface area contributed by atoms with Crippen LogP contribution in [0.3, 0.4) is 0 Å². The molecule has 0 atom stereocenters. The predicted octanol–water partition coefficient (Wildman–Crippen LogP) is 15.3. The monoisotopic (exact) mass is 716 g/mol. The quantitative estimate of drug-likeness (QED) is 0.139. The lowest BCUT2D eigenvalue weighted by Gasteiger charge is -2.33. The minimum atomic E-state index is 1.07. The zero-order valence-corrected chi connectivity index (χ0v) is 31.0. The van der Waals surface area contributed by atoms with Crippen molar-refractivity contribution in [3.63, 3.8) is 0 Å². The van der Waals surface area contributed by atoms with E-state index in [0.717, 1.165) is 56.4 Å². The van der Waals surface area contributed by atoms with E-state index in [1.54, 1.807) is 0 Å². The van der Waals surface area contributed by atoms with E-state index >= 15 is 0 Å². The summed E-state index contributed by atoms with van der Waals surface area (Å²) in [5.74, 6) is 0.